The molecule has 4 nitrogen and oxygen atoms in total. The summed E-state index contributed by atoms with van der Waals surface area (Å²) < 4.78 is 1.86. The van der Waals surface area contributed by atoms with Crippen molar-refractivity contribution >= 4 is 0 Å². The van der Waals surface area contributed by atoms with Crippen LogP contribution < -0.4 is 5.32 Å². The van der Waals surface area contributed by atoms with Crippen LogP contribution in [0.4, 0.5) is 0 Å². The maximum atomic E-state index is 9.29. The first-order chi connectivity index (χ1) is 9.31. The Balaban J connectivity index is 1.70. The fourth-order valence-electron chi connectivity index (χ4n) is 2.59. The average molecular weight is 257 g/mol. The fourth-order valence-corrected chi connectivity index (χ4v) is 2.59. The molecule has 1 aromatic heterocycles. The Hall–Kier alpha value is -1.81. The van der Waals surface area contributed by atoms with E-state index in [-0.39, 0.29) is 5.75 Å². The number of hydrogen-bond acceptors (Lipinski definition) is 3. The highest BCUT2D eigenvalue weighted by molar-refractivity contribution is 5.36. The molecule has 0 saturated carbocycles. The topological polar surface area (TPSA) is 50.1 Å². The highest BCUT2D eigenvalue weighted by Gasteiger charge is 2.13. The first-order valence-electron chi connectivity index (χ1n) is 6.87. The molecule has 2 aromatic rings. The van der Waals surface area contributed by atoms with Gasteiger partial charge in [-0.05, 0) is 55.6 Å². The van der Waals surface area contributed by atoms with Gasteiger partial charge in [0.25, 0.3) is 0 Å². The van der Waals surface area contributed by atoms with Crippen molar-refractivity contribution in [2.75, 3.05) is 6.54 Å². The van der Waals surface area contributed by atoms with Crippen molar-refractivity contribution in [1.82, 2.24) is 15.1 Å². The van der Waals surface area contributed by atoms with Crippen LogP contribution in [0.2, 0.25) is 0 Å². The molecule has 3 rings (SSSR count). The largest absolute Gasteiger partial charge is 0.508 e. The minimum atomic E-state index is 0.280. The second kappa shape index (κ2) is 5.45. The lowest BCUT2D eigenvalue weighted by Crippen LogP contribution is -2.35. The normalized spacial score (nSPS) is 19.5. The van der Waals surface area contributed by atoms with E-state index in [0.717, 1.165) is 18.7 Å². The number of aromatic hydroxyl groups is 1. The lowest BCUT2D eigenvalue weighted by molar-refractivity contribution is 0.399. The van der Waals surface area contributed by atoms with Gasteiger partial charge in [0.05, 0.1) is 11.9 Å². The number of rotatable bonds is 3. The van der Waals surface area contributed by atoms with Crippen LogP contribution in [-0.2, 0) is 6.42 Å². The third-order valence-electron chi connectivity index (χ3n) is 3.64. The second-order valence-corrected chi connectivity index (χ2v) is 5.16. The minimum absolute atomic E-state index is 0.280. The Morgan fingerprint density at radius 3 is 2.84 bits per heavy atom. The van der Waals surface area contributed by atoms with Gasteiger partial charge in [0.1, 0.15) is 5.75 Å². The summed E-state index contributed by atoms with van der Waals surface area (Å²) >= 11 is 0. The van der Waals surface area contributed by atoms with Crippen LogP contribution in [0, 0.1) is 0 Å². The molecule has 1 fully saturated rings. The summed E-state index contributed by atoms with van der Waals surface area (Å²) in [5.74, 6) is 0.280. The molecule has 19 heavy (non-hydrogen) atoms. The van der Waals surface area contributed by atoms with Crippen LogP contribution in [0.5, 0.6) is 5.75 Å². The van der Waals surface area contributed by atoms with Crippen molar-refractivity contribution in [3.05, 3.63) is 42.2 Å². The summed E-state index contributed by atoms with van der Waals surface area (Å²) in [6.45, 7) is 1.14. The van der Waals surface area contributed by atoms with Crippen LogP contribution in [0.15, 0.2) is 36.7 Å². The summed E-state index contributed by atoms with van der Waals surface area (Å²) in [5.41, 5.74) is 2.23. The van der Waals surface area contributed by atoms with Crippen molar-refractivity contribution in [3.63, 3.8) is 0 Å². The Labute approximate surface area is 113 Å². The van der Waals surface area contributed by atoms with Crippen LogP contribution in [0.25, 0.3) is 5.69 Å². The van der Waals surface area contributed by atoms with Crippen LogP contribution in [0.3, 0.4) is 0 Å². The zero-order chi connectivity index (χ0) is 13.1. The van der Waals surface area contributed by atoms with Crippen molar-refractivity contribution in [1.29, 1.82) is 0 Å². The van der Waals surface area contributed by atoms with Gasteiger partial charge in [0.15, 0.2) is 0 Å². The number of benzene rings is 1. The standard InChI is InChI=1S/C15H19N3O/c19-15-6-4-14(5-7-15)18-11-12(10-17-18)9-13-3-1-2-8-16-13/h4-7,10-11,13,16,19H,1-3,8-9H2. The van der Waals surface area contributed by atoms with E-state index in [0.29, 0.717) is 6.04 Å². The second-order valence-electron chi connectivity index (χ2n) is 5.16. The molecule has 1 aliphatic rings. The van der Waals surface area contributed by atoms with Gasteiger partial charge in [0, 0.05) is 12.2 Å². The van der Waals surface area contributed by atoms with Gasteiger partial charge in [-0.15, -0.1) is 0 Å². The Morgan fingerprint density at radius 1 is 1.26 bits per heavy atom. The molecule has 1 unspecified atom stereocenters. The summed E-state index contributed by atoms with van der Waals surface area (Å²) in [6, 6.07) is 7.68. The van der Waals surface area contributed by atoms with Gasteiger partial charge >= 0.3 is 0 Å². The van der Waals surface area contributed by atoms with E-state index in [1.807, 2.05) is 23.0 Å². The summed E-state index contributed by atoms with van der Waals surface area (Å²) in [5, 5.41) is 17.2. The maximum Gasteiger partial charge on any atom is 0.115 e. The van der Waals surface area contributed by atoms with Gasteiger partial charge in [-0.2, -0.15) is 5.10 Å². The third-order valence-corrected chi connectivity index (χ3v) is 3.64. The van der Waals surface area contributed by atoms with Crippen molar-refractivity contribution in [3.8, 4) is 11.4 Å². The molecule has 1 aliphatic heterocycles. The zero-order valence-electron chi connectivity index (χ0n) is 10.9. The fraction of sp³-hybridized carbons (Fsp3) is 0.400. The number of piperidine rings is 1. The third kappa shape index (κ3) is 2.96. The SMILES string of the molecule is Oc1ccc(-n2cc(CC3CCCCN3)cn2)cc1. The van der Waals surface area contributed by atoms with E-state index >= 15 is 0 Å². The molecule has 0 aliphatic carbocycles. The molecule has 4 heteroatoms. The quantitative estimate of drug-likeness (QED) is 0.886. The number of nitrogens with one attached hydrogen (secondary N) is 1. The minimum Gasteiger partial charge on any atom is -0.508 e. The first-order valence-corrected chi connectivity index (χ1v) is 6.87. The summed E-state index contributed by atoms with van der Waals surface area (Å²) in [6.07, 6.45) is 8.92. The van der Waals surface area contributed by atoms with Crippen LogP contribution >= 0.6 is 0 Å². The van der Waals surface area contributed by atoms with Crippen molar-refractivity contribution < 1.29 is 5.11 Å². The number of phenolic OH excluding ortho intramolecular Hbond substituents is 1. The zero-order valence-corrected chi connectivity index (χ0v) is 10.9. The van der Waals surface area contributed by atoms with E-state index in [1.165, 1.54) is 24.8 Å². The Kier molecular flexibility index (Phi) is 3.51. The Bertz CT molecular complexity index is 527. The lowest BCUT2D eigenvalue weighted by Gasteiger charge is -2.22. The molecule has 1 saturated heterocycles. The summed E-state index contributed by atoms with van der Waals surface area (Å²) in [4.78, 5) is 0. The molecule has 2 heterocycles. The van der Waals surface area contributed by atoms with Gasteiger partial charge in [-0.1, -0.05) is 6.42 Å². The smallest absolute Gasteiger partial charge is 0.115 e. The molecule has 0 amide bonds. The molecule has 100 valence electrons. The predicted octanol–water partition coefficient (Wildman–Crippen LogP) is 2.26. The van der Waals surface area contributed by atoms with E-state index in [4.69, 9.17) is 0 Å². The molecule has 0 spiro atoms. The van der Waals surface area contributed by atoms with E-state index in [1.54, 1.807) is 12.1 Å². The van der Waals surface area contributed by atoms with Crippen LogP contribution in [0.1, 0.15) is 24.8 Å². The van der Waals surface area contributed by atoms with Crippen LogP contribution in [-0.4, -0.2) is 27.5 Å². The first kappa shape index (κ1) is 12.2. The van der Waals surface area contributed by atoms with E-state index in [9.17, 15) is 5.11 Å². The molecule has 2 N–H and O–H groups in total. The van der Waals surface area contributed by atoms with E-state index in [2.05, 4.69) is 16.6 Å². The van der Waals surface area contributed by atoms with Gasteiger partial charge in [-0.3, -0.25) is 0 Å². The number of nitrogens with zero attached hydrogens (tertiary/aromatic N) is 2. The number of phenols is 1. The van der Waals surface area contributed by atoms with Crippen molar-refractivity contribution in [2.45, 2.75) is 31.7 Å². The molecular formula is C15H19N3O. The van der Waals surface area contributed by atoms with Gasteiger partial charge in [-0.25, -0.2) is 4.68 Å². The molecule has 0 radical (unpaired) electrons. The monoisotopic (exact) mass is 257 g/mol. The molecular weight excluding hydrogens is 238 g/mol. The van der Waals surface area contributed by atoms with E-state index < -0.39 is 0 Å². The summed E-state index contributed by atoms with van der Waals surface area (Å²) in [7, 11) is 0. The number of aromatic nitrogens is 2. The highest BCUT2D eigenvalue weighted by atomic mass is 16.3. The van der Waals surface area contributed by atoms with Gasteiger partial charge < -0.3 is 10.4 Å². The molecule has 1 atom stereocenters. The molecule has 0 bridgehead atoms. The average Bonchev–Trinajstić information content (AvgIpc) is 2.89. The lowest BCUT2D eigenvalue weighted by atomic mass is 10.00. The van der Waals surface area contributed by atoms with Crippen molar-refractivity contribution in [2.24, 2.45) is 0 Å². The Morgan fingerprint density at radius 2 is 2.11 bits per heavy atom. The highest BCUT2D eigenvalue weighted by Crippen LogP contribution is 2.16. The maximum absolute atomic E-state index is 9.29. The predicted molar refractivity (Wildman–Crippen MR) is 74.6 cm³/mol. The van der Waals surface area contributed by atoms with Gasteiger partial charge in [0.2, 0.25) is 0 Å². The number of hydrogen-bond donors (Lipinski definition) is 2. The molecule has 1 aromatic carbocycles.